The smallest absolute Gasteiger partial charge is 0.0830 e. The van der Waals surface area contributed by atoms with Gasteiger partial charge in [-0.1, -0.05) is 47.1 Å². The van der Waals surface area contributed by atoms with E-state index in [0.29, 0.717) is 6.42 Å². The first-order valence-electron chi connectivity index (χ1n) is 6.34. The number of aliphatic hydroxyl groups excluding tert-OH is 1. The molecule has 1 N–H and O–H groups in total. The van der Waals surface area contributed by atoms with E-state index >= 15 is 0 Å². The van der Waals surface area contributed by atoms with E-state index in [0.717, 1.165) is 21.4 Å². The van der Waals surface area contributed by atoms with Crippen molar-refractivity contribution in [2.45, 2.75) is 24.3 Å². The van der Waals surface area contributed by atoms with Crippen molar-refractivity contribution < 1.29 is 5.11 Å². The monoisotopic (exact) mass is 336 g/mol. The molecule has 3 heteroatoms. The van der Waals surface area contributed by atoms with E-state index in [1.165, 1.54) is 4.90 Å². The third-order valence-electron chi connectivity index (χ3n) is 2.89. The molecule has 0 saturated carbocycles. The molecule has 0 radical (unpaired) electrons. The van der Waals surface area contributed by atoms with E-state index in [1.54, 1.807) is 0 Å². The lowest BCUT2D eigenvalue weighted by Gasteiger charge is -2.12. The summed E-state index contributed by atoms with van der Waals surface area (Å²) in [6.07, 6.45) is 0.190. The second-order valence-corrected chi connectivity index (χ2v) is 6.60. The Morgan fingerprint density at radius 3 is 2.53 bits per heavy atom. The number of hydrogen-bond donors (Lipinski definition) is 1. The first kappa shape index (κ1) is 14.6. The molecule has 0 spiro atoms. The Balaban J connectivity index is 2.05. The van der Waals surface area contributed by atoms with Gasteiger partial charge in [0.2, 0.25) is 0 Å². The predicted molar refractivity (Wildman–Crippen MR) is 85.6 cm³/mol. The maximum absolute atomic E-state index is 10.3. The Bertz CT molecular complexity index is 525. The molecule has 0 saturated heterocycles. The standard InChI is InChI=1S/C16H17BrOS/c1-2-19-15-8-6-13(7-9-15)16(18)11-12-4-3-5-14(17)10-12/h3-10,16,18H,2,11H2,1H3. The molecule has 0 fully saturated rings. The van der Waals surface area contributed by atoms with Crippen LogP contribution in [-0.4, -0.2) is 10.9 Å². The molecule has 0 heterocycles. The van der Waals surface area contributed by atoms with Gasteiger partial charge < -0.3 is 5.11 Å². The highest BCUT2D eigenvalue weighted by Gasteiger charge is 2.08. The van der Waals surface area contributed by atoms with Gasteiger partial charge in [0.05, 0.1) is 6.10 Å². The number of benzene rings is 2. The van der Waals surface area contributed by atoms with Crippen LogP contribution in [0.2, 0.25) is 0 Å². The van der Waals surface area contributed by atoms with Crippen molar-refractivity contribution in [2.24, 2.45) is 0 Å². The van der Waals surface area contributed by atoms with Crippen molar-refractivity contribution in [3.63, 3.8) is 0 Å². The van der Waals surface area contributed by atoms with Crippen molar-refractivity contribution in [1.82, 2.24) is 0 Å². The summed E-state index contributed by atoms with van der Waals surface area (Å²) in [4.78, 5) is 1.25. The highest BCUT2D eigenvalue weighted by molar-refractivity contribution is 9.10. The number of hydrogen-bond acceptors (Lipinski definition) is 2. The Labute approximate surface area is 127 Å². The zero-order valence-corrected chi connectivity index (χ0v) is 13.2. The van der Waals surface area contributed by atoms with Crippen molar-refractivity contribution >= 4 is 27.7 Å². The van der Waals surface area contributed by atoms with Crippen LogP contribution in [0.15, 0.2) is 57.9 Å². The molecule has 2 aromatic carbocycles. The van der Waals surface area contributed by atoms with Crippen LogP contribution in [-0.2, 0) is 6.42 Å². The highest BCUT2D eigenvalue weighted by Crippen LogP contribution is 2.23. The second-order valence-electron chi connectivity index (χ2n) is 4.35. The van der Waals surface area contributed by atoms with E-state index < -0.39 is 6.10 Å². The summed E-state index contributed by atoms with van der Waals surface area (Å²) in [7, 11) is 0. The fourth-order valence-corrected chi connectivity index (χ4v) is 3.07. The normalized spacial score (nSPS) is 12.4. The lowest BCUT2D eigenvalue weighted by molar-refractivity contribution is 0.178. The van der Waals surface area contributed by atoms with Gasteiger partial charge in [-0.25, -0.2) is 0 Å². The Morgan fingerprint density at radius 2 is 1.89 bits per heavy atom. The molecule has 0 aromatic heterocycles. The first-order chi connectivity index (χ1) is 9.19. The van der Waals surface area contributed by atoms with Gasteiger partial charge in [0.1, 0.15) is 0 Å². The minimum atomic E-state index is -0.449. The van der Waals surface area contributed by atoms with E-state index in [9.17, 15) is 5.11 Å². The third-order valence-corrected chi connectivity index (χ3v) is 4.28. The van der Waals surface area contributed by atoms with Crippen molar-refractivity contribution in [3.8, 4) is 0 Å². The molecular weight excluding hydrogens is 320 g/mol. The predicted octanol–water partition coefficient (Wildman–Crippen LogP) is 4.84. The van der Waals surface area contributed by atoms with E-state index in [-0.39, 0.29) is 0 Å². The van der Waals surface area contributed by atoms with Crippen LogP contribution in [0.4, 0.5) is 0 Å². The molecule has 2 rings (SSSR count). The quantitative estimate of drug-likeness (QED) is 0.788. The average molecular weight is 337 g/mol. The number of halogens is 1. The Kier molecular flexibility index (Phi) is 5.49. The van der Waals surface area contributed by atoms with Crippen molar-refractivity contribution in [3.05, 3.63) is 64.1 Å². The van der Waals surface area contributed by atoms with Gasteiger partial charge in [0, 0.05) is 15.8 Å². The summed E-state index contributed by atoms with van der Waals surface area (Å²) < 4.78 is 1.05. The molecule has 0 aliphatic rings. The molecule has 1 atom stereocenters. The minimum absolute atomic E-state index is 0.449. The number of rotatable bonds is 5. The van der Waals surface area contributed by atoms with Crippen LogP contribution < -0.4 is 0 Å². The lowest BCUT2D eigenvalue weighted by atomic mass is 10.0. The van der Waals surface area contributed by atoms with E-state index in [2.05, 4.69) is 35.0 Å². The van der Waals surface area contributed by atoms with Crippen LogP contribution in [0.1, 0.15) is 24.2 Å². The van der Waals surface area contributed by atoms with Crippen LogP contribution in [0.5, 0.6) is 0 Å². The summed E-state index contributed by atoms with van der Waals surface area (Å²) in [5.41, 5.74) is 2.11. The van der Waals surface area contributed by atoms with Gasteiger partial charge in [0.25, 0.3) is 0 Å². The largest absolute Gasteiger partial charge is 0.388 e. The molecule has 1 unspecified atom stereocenters. The molecular formula is C16H17BrOS. The van der Waals surface area contributed by atoms with Gasteiger partial charge in [-0.3, -0.25) is 0 Å². The average Bonchev–Trinajstić information content (AvgIpc) is 2.40. The number of aliphatic hydroxyl groups is 1. The lowest BCUT2D eigenvalue weighted by Crippen LogP contribution is -2.01. The fourth-order valence-electron chi connectivity index (χ4n) is 1.96. The Hall–Kier alpha value is -0.770. The van der Waals surface area contributed by atoms with Gasteiger partial charge in [-0.15, -0.1) is 11.8 Å². The van der Waals surface area contributed by atoms with E-state index in [1.807, 2.05) is 48.2 Å². The molecule has 100 valence electrons. The van der Waals surface area contributed by atoms with Gasteiger partial charge >= 0.3 is 0 Å². The molecule has 0 bridgehead atoms. The molecule has 2 aromatic rings. The van der Waals surface area contributed by atoms with Crippen molar-refractivity contribution in [2.75, 3.05) is 5.75 Å². The van der Waals surface area contributed by atoms with Crippen LogP contribution in [0.25, 0.3) is 0 Å². The summed E-state index contributed by atoms with van der Waals surface area (Å²) >= 11 is 5.26. The molecule has 1 nitrogen and oxygen atoms in total. The second kappa shape index (κ2) is 7.13. The maximum Gasteiger partial charge on any atom is 0.0830 e. The van der Waals surface area contributed by atoms with Crippen LogP contribution in [0.3, 0.4) is 0 Å². The topological polar surface area (TPSA) is 20.2 Å². The maximum atomic E-state index is 10.3. The first-order valence-corrected chi connectivity index (χ1v) is 8.12. The Morgan fingerprint density at radius 1 is 1.16 bits per heavy atom. The minimum Gasteiger partial charge on any atom is -0.388 e. The molecule has 0 amide bonds. The van der Waals surface area contributed by atoms with Gasteiger partial charge in [-0.05, 0) is 41.1 Å². The van der Waals surface area contributed by atoms with E-state index in [4.69, 9.17) is 0 Å². The fraction of sp³-hybridized carbons (Fsp3) is 0.250. The summed E-state index contributed by atoms with van der Waals surface area (Å²) in [5, 5.41) is 10.3. The summed E-state index contributed by atoms with van der Waals surface area (Å²) in [6.45, 7) is 2.14. The summed E-state index contributed by atoms with van der Waals surface area (Å²) in [5.74, 6) is 1.07. The molecule has 0 aliphatic carbocycles. The van der Waals surface area contributed by atoms with Crippen LogP contribution in [0, 0.1) is 0 Å². The van der Waals surface area contributed by atoms with Crippen LogP contribution >= 0.6 is 27.7 Å². The van der Waals surface area contributed by atoms with Gasteiger partial charge in [0.15, 0.2) is 0 Å². The SMILES string of the molecule is CCSc1ccc(C(O)Cc2cccc(Br)c2)cc1. The van der Waals surface area contributed by atoms with Gasteiger partial charge in [-0.2, -0.15) is 0 Å². The third kappa shape index (κ3) is 4.37. The highest BCUT2D eigenvalue weighted by atomic mass is 79.9. The number of thioether (sulfide) groups is 1. The zero-order chi connectivity index (χ0) is 13.7. The molecule has 0 aliphatic heterocycles. The molecule has 19 heavy (non-hydrogen) atoms. The summed E-state index contributed by atoms with van der Waals surface area (Å²) in [6, 6.07) is 16.3. The zero-order valence-electron chi connectivity index (χ0n) is 10.8. The van der Waals surface area contributed by atoms with Crippen molar-refractivity contribution in [1.29, 1.82) is 0 Å².